The maximum atomic E-state index is 10.1. The van der Waals surface area contributed by atoms with Crippen molar-refractivity contribution in [2.24, 2.45) is 11.5 Å². The number of primary amides is 1. The lowest BCUT2D eigenvalue weighted by atomic mass is 10.0. The first-order chi connectivity index (χ1) is 15.6. The minimum absolute atomic E-state index is 0.434. The van der Waals surface area contributed by atoms with Crippen LogP contribution >= 0.6 is 0 Å². The van der Waals surface area contributed by atoms with Crippen LogP contribution in [0.25, 0.3) is 11.6 Å². The molecule has 0 aliphatic rings. The largest absolute Gasteiger partial charge is 0.495 e. The highest BCUT2D eigenvalue weighted by Crippen LogP contribution is 2.40. The number of nitriles is 1. The van der Waals surface area contributed by atoms with Crippen LogP contribution in [0.1, 0.15) is 18.1 Å². The zero-order chi connectivity index (χ0) is 25.1. The number of ether oxygens (including phenoxy) is 4. The number of carbonyl (C=O) groups excluding carboxylic acids is 1. The molecule has 2 atom stereocenters. The van der Waals surface area contributed by atoms with Gasteiger partial charge in [0.05, 0.1) is 51.9 Å². The average Bonchev–Trinajstić information content (AvgIpc) is 2.81. The number of anilines is 1. The van der Waals surface area contributed by atoms with E-state index in [0.29, 0.717) is 39.8 Å². The zero-order valence-electron chi connectivity index (χ0n) is 19.3. The van der Waals surface area contributed by atoms with Crippen LogP contribution in [0.3, 0.4) is 0 Å². The van der Waals surface area contributed by atoms with Gasteiger partial charge in [0.15, 0.2) is 11.5 Å². The van der Waals surface area contributed by atoms with Crippen molar-refractivity contribution in [3.63, 3.8) is 0 Å². The van der Waals surface area contributed by atoms with Crippen molar-refractivity contribution < 1.29 is 28.8 Å². The molecule has 7 N–H and O–H groups in total. The molecule has 0 aliphatic carbocycles. The molecule has 0 unspecified atom stereocenters. The maximum absolute atomic E-state index is 10.1. The number of nitrogen functional groups attached to an aromatic ring is 1. The summed E-state index contributed by atoms with van der Waals surface area (Å²) in [6.45, 7) is 1.41. The highest BCUT2D eigenvalue weighted by molar-refractivity contribution is 5.91. The number of benzene rings is 2. The summed E-state index contributed by atoms with van der Waals surface area (Å²) in [4.78, 5) is 10.1. The lowest BCUT2D eigenvalue weighted by molar-refractivity contribution is -0.121. The van der Waals surface area contributed by atoms with Gasteiger partial charge in [0.1, 0.15) is 11.8 Å². The zero-order valence-corrected chi connectivity index (χ0v) is 19.3. The molecule has 1 amide bonds. The summed E-state index contributed by atoms with van der Waals surface area (Å²) >= 11 is 0. The number of aliphatic hydroxyl groups excluding tert-OH is 1. The number of amides is 1. The molecule has 10 nitrogen and oxygen atoms in total. The van der Waals surface area contributed by atoms with E-state index in [4.69, 9.17) is 41.3 Å². The van der Waals surface area contributed by atoms with Crippen LogP contribution in [0.15, 0.2) is 30.3 Å². The van der Waals surface area contributed by atoms with Gasteiger partial charge in [-0.1, -0.05) is 6.07 Å². The number of carbonyl (C=O) groups is 1. The second-order valence-corrected chi connectivity index (χ2v) is 6.75. The number of nitrogens with two attached hydrogens (primary N) is 3. The quantitative estimate of drug-likeness (QED) is 0.260. The molecule has 0 aromatic heterocycles. The van der Waals surface area contributed by atoms with Gasteiger partial charge in [0.25, 0.3) is 0 Å². The molecule has 178 valence electrons. The highest BCUT2D eigenvalue weighted by Gasteiger charge is 2.15. The molecule has 2 rings (SSSR count). The van der Waals surface area contributed by atoms with Gasteiger partial charge < -0.3 is 41.3 Å². The van der Waals surface area contributed by atoms with Crippen molar-refractivity contribution in [2.75, 3.05) is 34.2 Å². The van der Waals surface area contributed by atoms with Crippen LogP contribution in [-0.4, -0.2) is 51.6 Å². The predicted molar refractivity (Wildman–Crippen MR) is 126 cm³/mol. The normalized spacial score (nSPS) is 12.4. The molecule has 0 bridgehead atoms. The Bertz CT molecular complexity index is 1010. The number of hydrogen-bond acceptors (Lipinski definition) is 9. The summed E-state index contributed by atoms with van der Waals surface area (Å²) in [6.07, 6.45) is 0.878. The Kier molecular flexibility index (Phi) is 10.5. The Morgan fingerprint density at radius 1 is 1.03 bits per heavy atom. The number of methoxy groups -OCH3 is 4. The fourth-order valence-electron chi connectivity index (χ4n) is 2.66. The third-order valence-corrected chi connectivity index (χ3v) is 4.51. The minimum atomic E-state index is -0.935. The van der Waals surface area contributed by atoms with Crippen LogP contribution in [0.2, 0.25) is 0 Å². The van der Waals surface area contributed by atoms with E-state index in [1.54, 1.807) is 37.5 Å². The van der Waals surface area contributed by atoms with E-state index >= 15 is 0 Å². The Morgan fingerprint density at radius 2 is 1.58 bits per heavy atom. The van der Waals surface area contributed by atoms with E-state index in [0.717, 1.165) is 5.56 Å². The Morgan fingerprint density at radius 3 is 1.91 bits per heavy atom. The second kappa shape index (κ2) is 12.8. The van der Waals surface area contributed by atoms with Gasteiger partial charge in [-0.05, 0) is 48.4 Å². The van der Waals surface area contributed by atoms with Crippen molar-refractivity contribution >= 4 is 23.2 Å². The van der Waals surface area contributed by atoms with Crippen molar-refractivity contribution in [3.05, 3.63) is 41.5 Å². The number of allylic oxidation sites excluding steroid dienone is 1. The predicted octanol–water partition coefficient (Wildman–Crippen LogP) is 1.55. The van der Waals surface area contributed by atoms with Gasteiger partial charge in [0, 0.05) is 0 Å². The Hall–Kier alpha value is -3.94. The molecule has 0 saturated heterocycles. The van der Waals surface area contributed by atoms with Gasteiger partial charge in [-0.3, -0.25) is 4.79 Å². The summed E-state index contributed by atoms with van der Waals surface area (Å²) in [6, 6.07) is 10.0. The monoisotopic (exact) mass is 458 g/mol. The Balaban J connectivity index is 0.000000582. The standard InChI is InChI=1S/C19H20N2O4.C4H10N2O2/c1-22-16-6-5-12(8-15(16)21)7-14(11-20)13-9-17(23-2)19(25-4)18(10-13)24-3;1-2(7)3(5)4(6)8/h5-10H,21H2,1-4H3;2-3,7H,5H2,1H3,(H2,6,8)/t;2-,3+/m.1/s1. The molecule has 0 saturated carbocycles. The van der Waals surface area contributed by atoms with Crippen molar-refractivity contribution in [3.8, 4) is 29.1 Å². The molecule has 2 aromatic carbocycles. The smallest absolute Gasteiger partial charge is 0.237 e. The number of nitrogens with zero attached hydrogens (tertiary/aromatic N) is 1. The van der Waals surface area contributed by atoms with Crippen LogP contribution in [-0.2, 0) is 4.79 Å². The molecule has 2 aromatic rings. The summed E-state index contributed by atoms with van der Waals surface area (Å²) in [7, 11) is 6.14. The summed E-state index contributed by atoms with van der Waals surface area (Å²) in [5.41, 5.74) is 18.0. The first-order valence-corrected chi connectivity index (χ1v) is 9.72. The fourth-order valence-corrected chi connectivity index (χ4v) is 2.66. The lowest BCUT2D eigenvalue weighted by Gasteiger charge is -2.14. The minimum Gasteiger partial charge on any atom is -0.495 e. The maximum Gasteiger partial charge on any atom is 0.237 e. The summed E-state index contributed by atoms with van der Waals surface area (Å²) in [5, 5.41) is 18.1. The van der Waals surface area contributed by atoms with E-state index in [1.165, 1.54) is 28.3 Å². The molecule has 0 fully saturated rings. The van der Waals surface area contributed by atoms with Gasteiger partial charge in [0.2, 0.25) is 11.7 Å². The van der Waals surface area contributed by atoms with Crippen LogP contribution in [0, 0.1) is 11.3 Å². The second-order valence-electron chi connectivity index (χ2n) is 6.75. The van der Waals surface area contributed by atoms with E-state index in [2.05, 4.69) is 6.07 Å². The first kappa shape index (κ1) is 27.1. The lowest BCUT2D eigenvalue weighted by Crippen LogP contribution is -2.44. The average molecular weight is 459 g/mol. The van der Waals surface area contributed by atoms with Gasteiger partial charge in [-0.25, -0.2) is 0 Å². The molecular formula is C23H30N4O6. The molecule has 0 radical (unpaired) electrons. The number of rotatable bonds is 8. The number of hydrogen-bond donors (Lipinski definition) is 4. The van der Waals surface area contributed by atoms with E-state index in [-0.39, 0.29) is 0 Å². The topological polar surface area (TPSA) is 176 Å². The molecule has 10 heteroatoms. The van der Waals surface area contributed by atoms with Crippen molar-refractivity contribution in [1.29, 1.82) is 5.26 Å². The van der Waals surface area contributed by atoms with Gasteiger partial charge >= 0.3 is 0 Å². The third-order valence-electron chi connectivity index (χ3n) is 4.51. The van der Waals surface area contributed by atoms with Crippen molar-refractivity contribution in [2.45, 2.75) is 19.1 Å². The molecule has 0 spiro atoms. The summed E-state index contributed by atoms with van der Waals surface area (Å²) in [5.74, 6) is 1.34. The van der Waals surface area contributed by atoms with Crippen LogP contribution in [0.5, 0.6) is 23.0 Å². The van der Waals surface area contributed by atoms with Crippen LogP contribution < -0.4 is 36.1 Å². The highest BCUT2D eigenvalue weighted by atomic mass is 16.5. The van der Waals surface area contributed by atoms with E-state index in [1.807, 2.05) is 6.07 Å². The van der Waals surface area contributed by atoms with Crippen LogP contribution in [0.4, 0.5) is 5.69 Å². The fraction of sp³-hybridized carbons (Fsp3) is 0.304. The van der Waals surface area contributed by atoms with Gasteiger partial charge in [-0.15, -0.1) is 0 Å². The van der Waals surface area contributed by atoms with E-state index in [9.17, 15) is 10.1 Å². The first-order valence-electron chi connectivity index (χ1n) is 9.72. The molecule has 0 aliphatic heterocycles. The third kappa shape index (κ3) is 7.31. The molecular weight excluding hydrogens is 428 g/mol. The van der Waals surface area contributed by atoms with Crippen molar-refractivity contribution in [1.82, 2.24) is 0 Å². The number of aliphatic hydroxyl groups is 1. The summed E-state index contributed by atoms with van der Waals surface area (Å²) < 4.78 is 21.1. The van der Waals surface area contributed by atoms with Gasteiger partial charge in [-0.2, -0.15) is 5.26 Å². The molecule has 0 heterocycles. The molecule has 33 heavy (non-hydrogen) atoms. The Labute approximate surface area is 193 Å². The van der Waals surface area contributed by atoms with E-state index < -0.39 is 18.1 Å². The SMILES string of the molecule is COc1ccc(C=C(C#N)c2cc(OC)c(OC)c(OC)c2)cc1N.C[C@@H](O)[C@H](N)C(N)=O.